The molecule has 1 aromatic rings. The lowest BCUT2D eigenvalue weighted by atomic mass is 9.78. The number of nitrogens with one attached hydrogen (secondary N) is 1. The number of piperidine rings is 1. The summed E-state index contributed by atoms with van der Waals surface area (Å²) in [6.45, 7) is 5.37. The van der Waals surface area contributed by atoms with Crippen LogP contribution in [0.5, 0.6) is 0 Å². The molecule has 2 amide bonds. The van der Waals surface area contributed by atoms with Crippen LogP contribution in [0.25, 0.3) is 0 Å². The summed E-state index contributed by atoms with van der Waals surface area (Å²) < 4.78 is 13.9. The fourth-order valence-corrected chi connectivity index (χ4v) is 5.61. The summed E-state index contributed by atoms with van der Waals surface area (Å²) in [5.74, 6) is -0.0896. The summed E-state index contributed by atoms with van der Waals surface area (Å²) >= 11 is 0. The van der Waals surface area contributed by atoms with Gasteiger partial charge < -0.3 is 15.1 Å². The lowest BCUT2D eigenvalue weighted by Crippen LogP contribution is -2.52. The van der Waals surface area contributed by atoms with Crippen LogP contribution in [0.1, 0.15) is 63.9 Å². The molecular weight excluding hydrogens is 381 g/mol. The molecule has 3 aliphatic rings. The van der Waals surface area contributed by atoms with Crippen molar-refractivity contribution in [3.63, 3.8) is 0 Å². The van der Waals surface area contributed by atoms with Crippen LogP contribution in [0.4, 0.5) is 4.39 Å². The van der Waals surface area contributed by atoms with E-state index in [9.17, 15) is 14.0 Å². The predicted octanol–water partition coefficient (Wildman–Crippen LogP) is 3.23. The lowest BCUT2D eigenvalue weighted by Gasteiger charge is -2.40. The number of carbonyl (C=O) groups excluding carboxylic acids is 2. The molecule has 1 aliphatic carbocycles. The van der Waals surface area contributed by atoms with Gasteiger partial charge in [-0.15, -0.1) is 0 Å². The zero-order valence-electron chi connectivity index (χ0n) is 18.0. The van der Waals surface area contributed by atoms with Crippen molar-refractivity contribution >= 4 is 11.8 Å². The summed E-state index contributed by atoms with van der Waals surface area (Å²) in [7, 11) is 0. The first-order chi connectivity index (χ1) is 14.5. The fourth-order valence-electron chi connectivity index (χ4n) is 5.61. The van der Waals surface area contributed by atoms with Gasteiger partial charge in [0.2, 0.25) is 11.8 Å². The number of halogens is 1. The molecule has 0 bridgehead atoms. The van der Waals surface area contributed by atoms with Gasteiger partial charge in [0.25, 0.3) is 0 Å². The Morgan fingerprint density at radius 1 is 1.20 bits per heavy atom. The monoisotopic (exact) mass is 415 g/mol. The molecule has 0 aromatic heterocycles. The average Bonchev–Trinajstić information content (AvgIpc) is 3.39. The van der Waals surface area contributed by atoms with Crippen molar-refractivity contribution in [2.75, 3.05) is 26.2 Å². The van der Waals surface area contributed by atoms with Crippen molar-refractivity contribution < 1.29 is 14.0 Å². The van der Waals surface area contributed by atoms with Crippen molar-refractivity contribution in [3.05, 3.63) is 35.6 Å². The van der Waals surface area contributed by atoms with Crippen LogP contribution in [0.15, 0.2) is 24.3 Å². The summed E-state index contributed by atoms with van der Waals surface area (Å²) in [5, 5.41) is 3.17. The fraction of sp³-hybridized carbons (Fsp3) is 0.667. The number of hydrogen-bond acceptors (Lipinski definition) is 3. The van der Waals surface area contributed by atoms with E-state index in [2.05, 4.69) is 16.3 Å². The number of likely N-dealkylation sites (tertiary alicyclic amines) is 2. The van der Waals surface area contributed by atoms with Gasteiger partial charge in [-0.25, -0.2) is 4.39 Å². The molecule has 3 fully saturated rings. The Bertz CT molecular complexity index is 769. The highest BCUT2D eigenvalue weighted by Gasteiger charge is 2.38. The molecule has 2 aliphatic heterocycles. The van der Waals surface area contributed by atoms with Crippen LogP contribution in [0.3, 0.4) is 0 Å². The third-order valence-corrected chi connectivity index (χ3v) is 7.41. The summed E-state index contributed by atoms with van der Waals surface area (Å²) in [5.41, 5.74) is 1.20. The maximum atomic E-state index is 13.9. The van der Waals surface area contributed by atoms with Gasteiger partial charge in [0.05, 0.1) is 0 Å². The molecule has 4 rings (SSSR count). The van der Waals surface area contributed by atoms with E-state index in [4.69, 9.17) is 0 Å². The second-order valence-corrected chi connectivity index (χ2v) is 9.42. The molecule has 0 spiro atoms. The first-order valence-electron chi connectivity index (χ1n) is 11.6. The highest BCUT2D eigenvalue weighted by molar-refractivity contribution is 5.88. The number of hydrogen-bond donors (Lipinski definition) is 1. The normalized spacial score (nSPS) is 23.7. The largest absolute Gasteiger partial charge is 0.351 e. The molecule has 1 atom stereocenters. The van der Waals surface area contributed by atoms with Crippen LogP contribution >= 0.6 is 0 Å². The van der Waals surface area contributed by atoms with Crippen LogP contribution in [0, 0.1) is 5.82 Å². The number of benzene rings is 1. The average molecular weight is 416 g/mol. The molecule has 1 saturated carbocycles. The molecule has 0 radical (unpaired) electrons. The summed E-state index contributed by atoms with van der Waals surface area (Å²) in [4.78, 5) is 28.7. The highest BCUT2D eigenvalue weighted by atomic mass is 19.1. The Labute approximate surface area is 179 Å². The van der Waals surface area contributed by atoms with Crippen molar-refractivity contribution in [2.24, 2.45) is 0 Å². The van der Waals surface area contributed by atoms with Gasteiger partial charge in [-0.1, -0.05) is 25.0 Å². The lowest BCUT2D eigenvalue weighted by molar-refractivity contribution is -0.137. The number of nitrogens with zero attached hydrogens (tertiary/aromatic N) is 2. The van der Waals surface area contributed by atoms with E-state index in [0.29, 0.717) is 13.0 Å². The minimum absolute atomic E-state index is 0.0317. The van der Waals surface area contributed by atoms with Gasteiger partial charge in [0, 0.05) is 44.1 Å². The molecule has 164 valence electrons. The summed E-state index contributed by atoms with van der Waals surface area (Å²) in [6.07, 6.45) is 7.90. The van der Waals surface area contributed by atoms with Gasteiger partial charge in [-0.3, -0.25) is 9.59 Å². The molecule has 30 heavy (non-hydrogen) atoms. The SMILES string of the molecule is CC(C(=O)NC1CCN(CC2(c3cccc(F)c3)CCCC2)CC1)N1CCCC1=O. The van der Waals surface area contributed by atoms with E-state index in [1.165, 1.54) is 18.9 Å². The third kappa shape index (κ3) is 4.53. The Morgan fingerprint density at radius 3 is 2.57 bits per heavy atom. The van der Waals surface area contributed by atoms with Crippen molar-refractivity contribution in [2.45, 2.75) is 75.8 Å². The molecule has 5 nitrogen and oxygen atoms in total. The smallest absolute Gasteiger partial charge is 0.242 e. The maximum absolute atomic E-state index is 13.9. The van der Waals surface area contributed by atoms with Crippen molar-refractivity contribution in [1.29, 1.82) is 0 Å². The number of carbonyl (C=O) groups is 2. The van der Waals surface area contributed by atoms with Gasteiger partial charge in [0.1, 0.15) is 11.9 Å². The van der Waals surface area contributed by atoms with Gasteiger partial charge in [0.15, 0.2) is 0 Å². The van der Waals surface area contributed by atoms with Crippen molar-refractivity contribution in [1.82, 2.24) is 15.1 Å². The van der Waals surface area contributed by atoms with Gasteiger partial charge in [-0.05, 0) is 56.7 Å². The Hall–Kier alpha value is -1.95. The molecule has 1 N–H and O–H groups in total. The van der Waals surface area contributed by atoms with Crippen LogP contribution in [-0.4, -0.2) is 59.9 Å². The second-order valence-electron chi connectivity index (χ2n) is 9.42. The highest BCUT2D eigenvalue weighted by Crippen LogP contribution is 2.42. The molecule has 2 saturated heterocycles. The predicted molar refractivity (Wildman–Crippen MR) is 115 cm³/mol. The topological polar surface area (TPSA) is 52.7 Å². The minimum Gasteiger partial charge on any atom is -0.351 e. The first-order valence-corrected chi connectivity index (χ1v) is 11.6. The van der Waals surface area contributed by atoms with E-state index in [0.717, 1.165) is 57.3 Å². The Morgan fingerprint density at radius 2 is 1.93 bits per heavy atom. The molecule has 1 unspecified atom stereocenters. The Balaban J connectivity index is 1.31. The standard InChI is InChI=1S/C24H34FN3O2/c1-18(28-13-5-8-22(28)29)23(30)26-21-9-14-27(15-10-21)17-24(11-2-3-12-24)19-6-4-7-20(25)16-19/h4,6-7,16,18,21H,2-3,5,8-15,17H2,1H3,(H,26,30). The quantitative estimate of drug-likeness (QED) is 0.776. The van der Waals surface area contributed by atoms with Gasteiger partial charge in [-0.2, -0.15) is 0 Å². The van der Waals surface area contributed by atoms with Crippen LogP contribution in [0.2, 0.25) is 0 Å². The van der Waals surface area contributed by atoms with E-state index in [1.807, 2.05) is 13.0 Å². The van der Waals surface area contributed by atoms with E-state index in [-0.39, 0.29) is 35.1 Å². The molecular formula is C24H34FN3O2. The summed E-state index contributed by atoms with van der Waals surface area (Å²) in [6, 6.07) is 6.95. The zero-order valence-corrected chi connectivity index (χ0v) is 18.0. The number of amides is 2. The van der Waals surface area contributed by atoms with E-state index in [1.54, 1.807) is 11.0 Å². The third-order valence-electron chi connectivity index (χ3n) is 7.41. The van der Waals surface area contributed by atoms with Crippen LogP contribution in [-0.2, 0) is 15.0 Å². The first kappa shape index (κ1) is 21.3. The van der Waals surface area contributed by atoms with Gasteiger partial charge >= 0.3 is 0 Å². The minimum atomic E-state index is -0.382. The maximum Gasteiger partial charge on any atom is 0.242 e. The molecule has 6 heteroatoms. The zero-order chi connectivity index (χ0) is 21.1. The Kier molecular flexibility index (Phi) is 6.42. The van der Waals surface area contributed by atoms with Crippen LogP contribution < -0.4 is 5.32 Å². The number of rotatable bonds is 6. The molecule has 2 heterocycles. The van der Waals surface area contributed by atoms with E-state index >= 15 is 0 Å². The second kappa shape index (κ2) is 9.04. The molecule has 1 aromatic carbocycles. The van der Waals surface area contributed by atoms with Crippen molar-refractivity contribution in [3.8, 4) is 0 Å². The van der Waals surface area contributed by atoms with E-state index < -0.39 is 0 Å².